The van der Waals surface area contributed by atoms with Gasteiger partial charge in [-0.2, -0.15) is 0 Å². The Morgan fingerprint density at radius 1 is 0.296 bits per heavy atom. The van der Waals surface area contributed by atoms with E-state index in [9.17, 15) is 43.6 Å². The summed E-state index contributed by atoms with van der Waals surface area (Å²) < 4.78 is 22.7. The lowest BCUT2D eigenvalue weighted by Gasteiger charge is -2.29. The molecule has 12 bridgehead atoms. The molecule has 8 N–H and O–H groups in total. The lowest BCUT2D eigenvalue weighted by atomic mass is 10.1. The molecule has 25 heteroatoms. The van der Waals surface area contributed by atoms with Crippen LogP contribution in [0.3, 0.4) is 0 Å². The van der Waals surface area contributed by atoms with Crippen LogP contribution in [0.25, 0.3) is 0 Å². The van der Waals surface area contributed by atoms with E-state index in [1.807, 2.05) is 19.6 Å². The second kappa shape index (κ2) is 29.7. The molecule has 0 saturated carbocycles. The molecule has 8 amide bonds. The van der Waals surface area contributed by atoms with Crippen molar-refractivity contribution in [1.29, 1.82) is 0 Å². The molecule has 0 radical (unpaired) electrons. The highest BCUT2D eigenvalue weighted by Crippen LogP contribution is 2.28. The summed E-state index contributed by atoms with van der Waals surface area (Å²) in [6, 6.07) is 18.6. The van der Waals surface area contributed by atoms with E-state index in [1.165, 1.54) is 46.6 Å². The molecule has 0 fully saturated rings. The van der Waals surface area contributed by atoms with Crippen molar-refractivity contribution in [2.45, 2.75) is 0 Å². The zero-order valence-corrected chi connectivity index (χ0v) is 46.2. The summed E-state index contributed by atoms with van der Waals surface area (Å²) in [5.74, 6) is -4.20. The first-order chi connectivity index (χ1) is 39.3. The van der Waals surface area contributed by atoms with E-state index in [-0.39, 0.29) is 185 Å². The van der Waals surface area contributed by atoms with Crippen LogP contribution in [0.2, 0.25) is 0 Å². The monoisotopic (exact) mass is 1120 g/mol. The molecular weight excluding hydrogens is 1050 g/mol. The van der Waals surface area contributed by atoms with Crippen LogP contribution in [0.4, 0.5) is 0 Å². The molecule has 4 aliphatic rings. The summed E-state index contributed by atoms with van der Waals surface area (Å²) in [6.45, 7) is 3.38. The van der Waals surface area contributed by atoms with Gasteiger partial charge >= 0.3 is 0 Å². The van der Waals surface area contributed by atoms with Gasteiger partial charge in [0.05, 0.1) is 79.5 Å². The van der Waals surface area contributed by atoms with Crippen LogP contribution in [-0.4, -0.2) is 236 Å². The summed E-state index contributed by atoms with van der Waals surface area (Å²) in [5, 5.41) is 32.6. The number of methoxy groups -OCH3 is 4. The normalized spacial score (nSPS) is 21.3. The average Bonchev–Trinajstić information content (AvgIpc) is 3.55. The van der Waals surface area contributed by atoms with Gasteiger partial charge in [-0.25, -0.2) is 5.06 Å². The van der Waals surface area contributed by atoms with Gasteiger partial charge in [0.2, 0.25) is 0 Å². The van der Waals surface area contributed by atoms with Gasteiger partial charge in [-0.1, -0.05) is 24.3 Å². The number of rotatable bonds is 4. The van der Waals surface area contributed by atoms with Crippen LogP contribution in [0.1, 0.15) is 82.9 Å². The number of hydrogen-bond donors (Lipinski definition) is 8. The van der Waals surface area contributed by atoms with Crippen molar-refractivity contribution in [2.24, 2.45) is 0 Å². The van der Waals surface area contributed by atoms with Gasteiger partial charge in [0.15, 0.2) is 0 Å². The Bertz CT molecular complexity index is 2830. The second-order valence-electron chi connectivity index (χ2n) is 19.1. The smallest absolute Gasteiger partial charge is 0.281 e. The number of hydrogen-bond acceptors (Lipinski definition) is 17. The number of fused-ring (bicyclic) bond motifs is 16. The van der Waals surface area contributed by atoms with E-state index in [0.717, 1.165) is 0 Å². The number of nitrogens with one attached hydrogen (secondary N) is 7. The average molecular weight is 1120 g/mol. The Morgan fingerprint density at radius 3 is 0.704 bits per heavy atom. The highest BCUT2D eigenvalue weighted by atomic mass is 16.5. The van der Waals surface area contributed by atoms with Gasteiger partial charge in [0.25, 0.3) is 47.3 Å². The Hall–Kier alpha value is -8.36. The lowest BCUT2D eigenvalue weighted by Crippen LogP contribution is -2.46. The number of carbonyl (C=O) groups excluding carboxylic acids is 8. The maximum atomic E-state index is 14.1. The van der Waals surface area contributed by atoms with E-state index in [0.29, 0.717) is 18.2 Å². The fraction of sp³-hybridized carbons (Fsp3) is 0.429. The number of hydroxylamine groups is 2. The third kappa shape index (κ3) is 15.7. The van der Waals surface area contributed by atoms with Gasteiger partial charge in [-0.3, -0.25) is 63.2 Å². The van der Waals surface area contributed by atoms with Gasteiger partial charge < -0.3 is 56.2 Å². The van der Waals surface area contributed by atoms with Crippen molar-refractivity contribution in [3.8, 4) is 23.0 Å². The molecule has 2 unspecified atom stereocenters. The third-order valence-corrected chi connectivity index (χ3v) is 14.1. The number of carbonyl (C=O) groups is 8. The summed E-state index contributed by atoms with van der Waals surface area (Å²) in [4.78, 5) is 120. The largest absolute Gasteiger partial charge is 0.495 e. The van der Waals surface area contributed by atoms with Crippen molar-refractivity contribution in [1.82, 2.24) is 61.9 Å². The van der Waals surface area contributed by atoms with Gasteiger partial charge in [0, 0.05) is 124 Å². The molecule has 0 saturated heterocycles. The summed E-state index contributed by atoms with van der Waals surface area (Å²) in [5.41, 5.74) is 0.749. The van der Waals surface area contributed by atoms with Crippen molar-refractivity contribution in [3.63, 3.8) is 0 Å². The van der Waals surface area contributed by atoms with Crippen LogP contribution in [0, 0.1) is 0 Å². The zero-order valence-electron chi connectivity index (χ0n) is 46.2. The molecule has 0 aromatic heterocycles. The number of para-hydroxylation sites is 4. The molecule has 4 aromatic rings. The fourth-order valence-electron chi connectivity index (χ4n) is 9.79. The minimum atomic E-state index is -0.829. The topological polar surface area (TPSA) is 294 Å². The SMILES string of the molecule is COc1c2cccc1C(=O)NCCN1CCNC(=O)c3cccc(c3OC)C(=O)NCCN(CCNC2=O)CCN2CCNC(=O)c3cccc(c3OC)C(=O)NCCN(CC1)CCN(O)C(=O)c1cccc(c1OC)C(=O)NCC2. The van der Waals surface area contributed by atoms with Crippen LogP contribution < -0.4 is 56.2 Å². The molecule has 25 nitrogen and oxygen atoms in total. The van der Waals surface area contributed by atoms with Crippen molar-refractivity contribution >= 4 is 47.3 Å². The highest BCUT2D eigenvalue weighted by molar-refractivity contribution is 6.06. The molecule has 4 heterocycles. The highest BCUT2D eigenvalue weighted by Gasteiger charge is 2.27. The van der Waals surface area contributed by atoms with Crippen LogP contribution in [0.5, 0.6) is 23.0 Å². The Labute approximate surface area is 469 Å². The Morgan fingerprint density at radius 2 is 0.481 bits per heavy atom. The first kappa shape index (κ1) is 60.3. The minimum absolute atomic E-state index is 0.0494. The molecule has 4 aliphatic heterocycles. The van der Waals surface area contributed by atoms with Crippen LogP contribution in [-0.2, 0) is 0 Å². The van der Waals surface area contributed by atoms with Crippen molar-refractivity contribution in [2.75, 3.05) is 159 Å². The quantitative estimate of drug-likeness (QED) is 0.125. The summed E-state index contributed by atoms with van der Waals surface area (Å²) in [6.07, 6.45) is 0. The second-order valence-corrected chi connectivity index (χ2v) is 19.1. The first-order valence-electron chi connectivity index (χ1n) is 26.8. The number of amides is 8. The van der Waals surface area contributed by atoms with Crippen LogP contribution >= 0.6 is 0 Å². The van der Waals surface area contributed by atoms with Crippen molar-refractivity contribution in [3.05, 3.63) is 117 Å². The van der Waals surface area contributed by atoms with Gasteiger partial charge in [-0.05, 0) is 48.5 Å². The molecule has 0 aliphatic carbocycles. The minimum Gasteiger partial charge on any atom is -0.495 e. The summed E-state index contributed by atoms with van der Waals surface area (Å²) >= 11 is 0. The van der Waals surface area contributed by atoms with E-state index in [2.05, 4.69) is 37.2 Å². The first-order valence-corrected chi connectivity index (χ1v) is 26.8. The lowest BCUT2D eigenvalue weighted by molar-refractivity contribution is -0.0623. The predicted molar refractivity (Wildman–Crippen MR) is 297 cm³/mol. The molecule has 0 spiro atoms. The molecular formula is C56H72N12O13. The van der Waals surface area contributed by atoms with Gasteiger partial charge in [-0.15, -0.1) is 0 Å². The number of nitrogens with zero attached hydrogens (tertiary/aromatic N) is 5. The summed E-state index contributed by atoms with van der Waals surface area (Å²) in [7, 11) is 5.44. The van der Waals surface area contributed by atoms with Crippen molar-refractivity contribution < 1.29 is 62.5 Å². The molecule has 2 atom stereocenters. The van der Waals surface area contributed by atoms with E-state index in [1.54, 1.807) is 54.6 Å². The molecule has 8 rings (SSSR count). The van der Waals surface area contributed by atoms with E-state index < -0.39 is 47.3 Å². The Balaban J connectivity index is 1.32. The van der Waals surface area contributed by atoms with Gasteiger partial charge in [0.1, 0.15) is 23.0 Å². The standard InChI is InChI=1S/C56H72N12O13/c1-78-45-37-9-5-11-39(45)52(72)60-20-28-66-29-21-61-53(73)40-12-6-10-38(46(40)79-2)50(70)58-18-25-64(24-17-57-49(37)69)31-32-65-26-19-59-51(71)41-13-7-14-42(47(41)80-3)54(74)63-23-30-67(34-33-66)35-36-68(77)56(76)44-16-8-15-43(48(44)81-4)55(75)62-22-27-65/h5-16,77H,17-36H2,1-4H3,(H,57,69)(H,58,70)(H,59,71)(H,60,72)(H,61,73)(H,62,75)(H,63,74). The van der Waals surface area contributed by atoms with Crippen LogP contribution in [0.15, 0.2) is 72.8 Å². The zero-order chi connectivity index (χ0) is 57.8. The maximum absolute atomic E-state index is 14.1. The number of ether oxygens (including phenoxy) is 4. The Kier molecular flexibility index (Phi) is 22.1. The molecule has 81 heavy (non-hydrogen) atoms. The van der Waals surface area contributed by atoms with E-state index >= 15 is 0 Å². The maximum Gasteiger partial charge on any atom is 0.281 e. The fourth-order valence-corrected chi connectivity index (χ4v) is 9.79. The molecule has 4 aromatic carbocycles. The molecule has 434 valence electrons. The predicted octanol–water partition coefficient (Wildman–Crippen LogP) is 0.0104. The third-order valence-electron chi connectivity index (χ3n) is 14.1. The number of benzene rings is 4. The van der Waals surface area contributed by atoms with E-state index in [4.69, 9.17) is 18.9 Å².